The third-order valence-electron chi connectivity index (χ3n) is 3.98. The van der Waals surface area contributed by atoms with Crippen molar-refractivity contribution in [1.82, 2.24) is 14.9 Å². The molecule has 0 aromatic carbocycles. The van der Waals surface area contributed by atoms with Gasteiger partial charge in [0.2, 0.25) is 0 Å². The zero-order valence-electron chi connectivity index (χ0n) is 13.5. The van der Waals surface area contributed by atoms with Gasteiger partial charge in [-0.2, -0.15) is 0 Å². The van der Waals surface area contributed by atoms with Crippen LogP contribution < -0.4 is 0 Å². The number of nitrogens with zero attached hydrogens (tertiary/aromatic N) is 3. The van der Waals surface area contributed by atoms with Crippen molar-refractivity contribution in [3.05, 3.63) is 60.2 Å². The minimum absolute atomic E-state index is 0.212. The van der Waals surface area contributed by atoms with E-state index in [1.165, 1.54) is 0 Å². The lowest BCUT2D eigenvalue weighted by Gasteiger charge is -2.37. The normalized spacial score (nSPS) is 13.4. The fourth-order valence-corrected chi connectivity index (χ4v) is 2.28. The zero-order chi connectivity index (χ0) is 15.3. The molecule has 3 nitrogen and oxygen atoms in total. The van der Waals surface area contributed by atoms with Crippen LogP contribution in [0.3, 0.4) is 0 Å². The topological polar surface area (TPSA) is 29.0 Å². The third-order valence-corrected chi connectivity index (χ3v) is 3.98. The van der Waals surface area contributed by atoms with E-state index in [9.17, 15) is 0 Å². The summed E-state index contributed by atoms with van der Waals surface area (Å²) >= 11 is 0. The third kappa shape index (κ3) is 4.64. The van der Waals surface area contributed by atoms with E-state index in [0.29, 0.717) is 6.04 Å². The molecule has 1 atom stereocenters. The molecule has 2 aromatic heterocycles. The molecule has 0 aliphatic carbocycles. The maximum absolute atomic E-state index is 4.46. The Bertz CT molecular complexity index is 490. The minimum Gasteiger partial charge on any atom is -0.289 e. The fourth-order valence-electron chi connectivity index (χ4n) is 2.28. The van der Waals surface area contributed by atoms with Gasteiger partial charge in [-0.25, -0.2) is 0 Å². The van der Waals surface area contributed by atoms with Crippen LogP contribution in [0.15, 0.2) is 48.8 Å². The Balaban J connectivity index is 2.18. The van der Waals surface area contributed by atoms with Crippen LogP contribution in [-0.2, 0) is 13.1 Å². The van der Waals surface area contributed by atoms with Crippen LogP contribution in [0.2, 0.25) is 0 Å². The van der Waals surface area contributed by atoms with Gasteiger partial charge in [-0.05, 0) is 36.6 Å². The molecule has 0 radical (unpaired) electrons. The van der Waals surface area contributed by atoms with E-state index < -0.39 is 0 Å². The van der Waals surface area contributed by atoms with Gasteiger partial charge in [0.25, 0.3) is 0 Å². The van der Waals surface area contributed by atoms with Crippen molar-refractivity contribution < 1.29 is 0 Å². The Morgan fingerprint density at radius 1 is 0.905 bits per heavy atom. The van der Waals surface area contributed by atoms with Crippen molar-refractivity contribution >= 4 is 0 Å². The van der Waals surface area contributed by atoms with Crippen molar-refractivity contribution in [3.63, 3.8) is 0 Å². The lowest BCUT2D eigenvalue weighted by molar-refractivity contribution is 0.0955. The van der Waals surface area contributed by atoms with Crippen LogP contribution in [0.4, 0.5) is 0 Å². The number of pyridine rings is 2. The molecule has 0 N–H and O–H groups in total. The van der Waals surface area contributed by atoms with E-state index in [2.05, 4.69) is 54.7 Å². The van der Waals surface area contributed by atoms with E-state index in [1.807, 2.05) is 36.7 Å². The highest BCUT2D eigenvalue weighted by atomic mass is 15.2. The summed E-state index contributed by atoms with van der Waals surface area (Å²) in [5.74, 6) is 0. The molecule has 0 bridgehead atoms. The molecule has 21 heavy (non-hydrogen) atoms. The molecule has 1 unspecified atom stereocenters. The molecule has 3 heteroatoms. The Hall–Kier alpha value is -1.74. The summed E-state index contributed by atoms with van der Waals surface area (Å²) in [5, 5.41) is 0. The average Bonchev–Trinajstić information content (AvgIpc) is 2.47. The maximum Gasteiger partial charge on any atom is 0.0544 e. The number of hydrogen-bond acceptors (Lipinski definition) is 3. The first kappa shape index (κ1) is 15.6. The average molecular weight is 283 g/mol. The molecule has 0 aliphatic rings. The summed E-state index contributed by atoms with van der Waals surface area (Å²) in [6, 6.07) is 12.6. The second-order valence-electron chi connectivity index (χ2n) is 6.59. The van der Waals surface area contributed by atoms with Crippen molar-refractivity contribution in [2.24, 2.45) is 5.41 Å². The number of hydrogen-bond donors (Lipinski definition) is 0. The van der Waals surface area contributed by atoms with Crippen LogP contribution in [-0.4, -0.2) is 20.9 Å². The Labute approximate surface area is 128 Å². The van der Waals surface area contributed by atoms with Crippen molar-refractivity contribution in [1.29, 1.82) is 0 Å². The van der Waals surface area contributed by atoms with Gasteiger partial charge in [0.05, 0.1) is 11.4 Å². The Kier molecular flexibility index (Phi) is 5.07. The molecular formula is C18H25N3. The molecule has 112 valence electrons. The van der Waals surface area contributed by atoms with Crippen molar-refractivity contribution in [2.75, 3.05) is 0 Å². The second-order valence-corrected chi connectivity index (χ2v) is 6.59. The monoisotopic (exact) mass is 283 g/mol. The molecule has 0 aliphatic heterocycles. The summed E-state index contributed by atoms with van der Waals surface area (Å²) in [5.41, 5.74) is 2.41. The lowest BCUT2D eigenvalue weighted by Crippen LogP contribution is -2.41. The molecule has 2 rings (SSSR count). The fraction of sp³-hybridized carbons (Fsp3) is 0.444. The summed E-state index contributed by atoms with van der Waals surface area (Å²) in [6.45, 7) is 10.8. The summed E-state index contributed by atoms with van der Waals surface area (Å²) in [4.78, 5) is 11.4. The van der Waals surface area contributed by atoms with E-state index in [1.54, 1.807) is 0 Å². The van der Waals surface area contributed by atoms with Gasteiger partial charge in [-0.3, -0.25) is 14.9 Å². The van der Waals surface area contributed by atoms with E-state index in [4.69, 9.17) is 0 Å². The van der Waals surface area contributed by atoms with Gasteiger partial charge in [-0.15, -0.1) is 0 Å². The summed E-state index contributed by atoms with van der Waals surface area (Å²) in [7, 11) is 0. The highest BCUT2D eigenvalue weighted by molar-refractivity contribution is 5.07. The molecule has 2 aromatic rings. The van der Waals surface area contributed by atoms with E-state index in [-0.39, 0.29) is 5.41 Å². The summed E-state index contributed by atoms with van der Waals surface area (Å²) < 4.78 is 0. The molecule has 0 saturated carbocycles. The van der Waals surface area contributed by atoms with Crippen molar-refractivity contribution in [3.8, 4) is 0 Å². The molecular weight excluding hydrogens is 258 g/mol. The van der Waals surface area contributed by atoms with Crippen molar-refractivity contribution in [2.45, 2.75) is 46.8 Å². The summed E-state index contributed by atoms with van der Waals surface area (Å²) in [6.07, 6.45) is 3.71. The second kappa shape index (κ2) is 6.81. The highest BCUT2D eigenvalue weighted by Crippen LogP contribution is 2.26. The van der Waals surface area contributed by atoms with Crippen LogP contribution in [0.25, 0.3) is 0 Å². The maximum atomic E-state index is 4.46. The van der Waals surface area contributed by atoms with Gasteiger partial charge >= 0.3 is 0 Å². The first-order valence-electron chi connectivity index (χ1n) is 7.50. The number of aromatic nitrogens is 2. The smallest absolute Gasteiger partial charge is 0.0544 e. The van der Waals surface area contributed by atoms with Crippen LogP contribution in [0.5, 0.6) is 0 Å². The molecule has 2 heterocycles. The first-order valence-corrected chi connectivity index (χ1v) is 7.50. The van der Waals surface area contributed by atoms with Gasteiger partial charge in [-0.1, -0.05) is 32.9 Å². The quantitative estimate of drug-likeness (QED) is 0.833. The van der Waals surface area contributed by atoms with Crippen LogP contribution >= 0.6 is 0 Å². The minimum atomic E-state index is 0.212. The molecule has 0 fully saturated rings. The van der Waals surface area contributed by atoms with Gasteiger partial charge < -0.3 is 0 Å². The van der Waals surface area contributed by atoms with Gasteiger partial charge in [0, 0.05) is 31.5 Å². The Morgan fingerprint density at radius 2 is 1.38 bits per heavy atom. The first-order chi connectivity index (χ1) is 9.97. The van der Waals surface area contributed by atoms with E-state index in [0.717, 1.165) is 24.5 Å². The standard InChI is InChI=1S/C18H25N3/c1-15(18(2,3)4)21(13-16-9-5-7-11-19-16)14-17-10-6-8-12-20-17/h5-12,15H,13-14H2,1-4H3. The van der Waals surface area contributed by atoms with Crippen LogP contribution in [0.1, 0.15) is 39.1 Å². The largest absolute Gasteiger partial charge is 0.289 e. The molecule has 0 amide bonds. The zero-order valence-corrected chi connectivity index (χ0v) is 13.5. The Morgan fingerprint density at radius 3 is 1.71 bits per heavy atom. The SMILES string of the molecule is CC(N(Cc1ccccn1)Cc1ccccn1)C(C)(C)C. The molecule has 0 spiro atoms. The van der Waals surface area contributed by atoms with Gasteiger partial charge in [0.1, 0.15) is 0 Å². The lowest BCUT2D eigenvalue weighted by atomic mass is 9.86. The van der Waals surface area contributed by atoms with Crippen LogP contribution in [0, 0.1) is 5.41 Å². The predicted octanol–water partition coefficient (Wildman–Crippen LogP) is 3.91. The highest BCUT2D eigenvalue weighted by Gasteiger charge is 2.26. The van der Waals surface area contributed by atoms with E-state index >= 15 is 0 Å². The molecule has 0 saturated heterocycles. The van der Waals surface area contributed by atoms with Gasteiger partial charge in [0.15, 0.2) is 0 Å². The predicted molar refractivity (Wildman–Crippen MR) is 86.6 cm³/mol. The number of rotatable bonds is 5.